The van der Waals surface area contributed by atoms with Crippen LogP contribution in [0, 0.1) is 0 Å². The van der Waals surface area contributed by atoms with Crippen molar-refractivity contribution in [3.63, 3.8) is 0 Å². The largest absolute Gasteiger partial charge is 0.506 e. The Morgan fingerprint density at radius 2 is 1.88 bits per heavy atom. The molecule has 0 bridgehead atoms. The van der Waals surface area contributed by atoms with Gasteiger partial charge in [-0.3, -0.25) is 0 Å². The molecule has 1 aromatic rings. The highest BCUT2D eigenvalue weighted by atomic mass is 79.9. The predicted molar refractivity (Wildman–Crippen MR) is 66.1 cm³/mol. The van der Waals surface area contributed by atoms with Gasteiger partial charge in [0.25, 0.3) is 0 Å². The molecule has 0 aliphatic carbocycles. The molecule has 0 fully saturated rings. The summed E-state index contributed by atoms with van der Waals surface area (Å²) in [5.74, 6) is 1.05. The Balaban J connectivity index is 3.51. The van der Waals surface area contributed by atoms with Crippen LogP contribution in [0.3, 0.4) is 0 Å². The van der Waals surface area contributed by atoms with E-state index in [9.17, 15) is 5.11 Å². The number of hydrogen-bond donors (Lipinski definition) is 2. The highest BCUT2D eigenvalue weighted by Crippen LogP contribution is 2.45. The molecule has 0 unspecified atom stereocenters. The van der Waals surface area contributed by atoms with Gasteiger partial charge >= 0.3 is 0 Å². The molecule has 0 saturated heterocycles. The highest BCUT2D eigenvalue weighted by molar-refractivity contribution is 9.10. The molecule has 0 radical (unpaired) electrons. The number of aromatic hydroxyl groups is 1. The van der Waals surface area contributed by atoms with Crippen molar-refractivity contribution < 1.29 is 14.6 Å². The fraction of sp³-hybridized carbons (Fsp3) is 0.455. The van der Waals surface area contributed by atoms with E-state index in [4.69, 9.17) is 15.2 Å². The smallest absolute Gasteiger partial charge is 0.178 e. The van der Waals surface area contributed by atoms with E-state index in [2.05, 4.69) is 15.9 Å². The zero-order chi connectivity index (χ0) is 12.5. The van der Waals surface area contributed by atoms with Crippen molar-refractivity contribution in [2.24, 2.45) is 5.73 Å². The number of halogens is 1. The van der Waals surface area contributed by atoms with Crippen LogP contribution in [0.25, 0.3) is 0 Å². The zero-order valence-corrected chi connectivity index (χ0v) is 11.4. The van der Waals surface area contributed by atoms with Crippen LogP contribution < -0.4 is 15.2 Å². The number of hydrogen-bond acceptors (Lipinski definition) is 4. The topological polar surface area (TPSA) is 64.7 Å². The Morgan fingerprint density at radius 3 is 2.25 bits per heavy atom. The van der Waals surface area contributed by atoms with E-state index in [0.29, 0.717) is 21.5 Å². The van der Waals surface area contributed by atoms with Gasteiger partial charge in [-0.2, -0.15) is 0 Å². The van der Waals surface area contributed by atoms with Crippen molar-refractivity contribution in [2.45, 2.75) is 19.4 Å². The monoisotopic (exact) mass is 289 g/mol. The molecule has 3 N–H and O–H groups in total. The summed E-state index contributed by atoms with van der Waals surface area (Å²) < 4.78 is 10.8. The molecule has 16 heavy (non-hydrogen) atoms. The molecular formula is C11H16BrNO3. The average molecular weight is 290 g/mol. The molecule has 0 aliphatic rings. The number of phenols is 1. The van der Waals surface area contributed by atoms with Crippen molar-refractivity contribution in [3.05, 3.63) is 16.1 Å². The summed E-state index contributed by atoms with van der Waals surface area (Å²) in [4.78, 5) is 0. The Labute approximate surface area is 103 Å². The molecule has 0 heterocycles. The average Bonchev–Trinajstić information content (AvgIpc) is 2.19. The van der Waals surface area contributed by atoms with Gasteiger partial charge in [-0.25, -0.2) is 0 Å². The van der Waals surface area contributed by atoms with E-state index in [0.717, 1.165) is 0 Å². The van der Waals surface area contributed by atoms with Gasteiger partial charge in [0.15, 0.2) is 11.5 Å². The van der Waals surface area contributed by atoms with Crippen LogP contribution in [0.15, 0.2) is 10.5 Å². The molecule has 0 saturated carbocycles. The lowest BCUT2D eigenvalue weighted by molar-refractivity contribution is 0.344. The summed E-state index contributed by atoms with van der Waals surface area (Å²) in [6.07, 6.45) is 0. The predicted octanol–water partition coefficient (Wildman–Crippen LogP) is 2.37. The van der Waals surface area contributed by atoms with Gasteiger partial charge < -0.3 is 20.3 Å². The van der Waals surface area contributed by atoms with Gasteiger partial charge in [-0.1, -0.05) is 0 Å². The van der Waals surface area contributed by atoms with E-state index in [1.165, 1.54) is 14.2 Å². The Hall–Kier alpha value is -0.940. The fourth-order valence-electron chi connectivity index (χ4n) is 1.43. The maximum Gasteiger partial charge on any atom is 0.178 e. The fourth-order valence-corrected chi connectivity index (χ4v) is 2.00. The summed E-state index contributed by atoms with van der Waals surface area (Å²) in [5, 5.41) is 10.0. The molecular weight excluding hydrogens is 274 g/mol. The third-order valence-electron chi connectivity index (χ3n) is 2.28. The van der Waals surface area contributed by atoms with Crippen LogP contribution in [0.4, 0.5) is 0 Å². The Bertz CT molecular complexity index is 399. The van der Waals surface area contributed by atoms with Crippen LogP contribution >= 0.6 is 15.9 Å². The molecule has 0 aromatic heterocycles. The minimum atomic E-state index is -0.661. The highest BCUT2D eigenvalue weighted by Gasteiger charge is 2.25. The standard InChI is InChI=1S/C11H16BrNO3/c1-11(2,13)6-5-7(15-3)10(16-4)8(12)9(6)14/h5,14H,13H2,1-4H3. The number of methoxy groups -OCH3 is 2. The third kappa shape index (κ3) is 2.25. The van der Waals surface area contributed by atoms with Crippen molar-refractivity contribution in [1.29, 1.82) is 0 Å². The molecule has 1 rings (SSSR count). The van der Waals surface area contributed by atoms with Crippen LogP contribution in [-0.4, -0.2) is 19.3 Å². The quantitative estimate of drug-likeness (QED) is 0.897. The lowest BCUT2D eigenvalue weighted by atomic mass is 9.94. The summed E-state index contributed by atoms with van der Waals surface area (Å²) >= 11 is 3.26. The minimum Gasteiger partial charge on any atom is -0.506 e. The number of nitrogens with two attached hydrogens (primary N) is 1. The molecule has 4 nitrogen and oxygen atoms in total. The number of phenolic OH excluding ortho intramolecular Hbond substituents is 1. The summed E-state index contributed by atoms with van der Waals surface area (Å²) in [5.41, 5.74) is 5.90. The molecule has 0 atom stereocenters. The first-order chi connectivity index (χ1) is 7.32. The normalized spacial score (nSPS) is 11.4. The first-order valence-corrected chi connectivity index (χ1v) is 5.55. The van der Waals surface area contributed by atoms with Crippen LogP contribution in [-0.2, 0) is 5.54 Å². The molecule has 0 aliphatic heterocycles. The van der Waals surface area contributed by atoms with Crippen molar-refractivity contribution in [1.82, 2.24) is 0 Å². The van der Waals surface area contributed by atoms with Crippen molar-refractivity contribution in [3.8, 4) is 17.2 Å². The second kappa shape index (κ2) is 4.51. The summed E-state index contributed by atoms with van der Waals surface area (Å²) in [7, 11) is 3.05. The number of ether oxygens (including phenoxy) is 2. The molecule has 5 heteroatoms. The van der Waals surface area contributed by atoms with E-state index in [-0.39, 0.29) is 5.75 Å². The SMILES string of the molecule is COc1cc(C(C)(C)N)c(O)c(Br)c1OC. The number of rotatable bonds is 3. The zero-order valence-electron chi connectivity index (χ0n) is 9.80. The molecule has 0 amide bonds. The molecule has 0 spiro atoms. The van der Waals surface area contributed by atoms with Gasteiger partial charge in [-0.05, 0) is 35.8 Å². The van der Waals surface area contributed by atoms with E-state index in [1.807, 2.05) is 0 Å². The van der Waals surface area contributed by atoms with Gasteiger partial charge in [0, 0.05) is 11.1 Å². The van der Waals surface area contributed by atoms with Crippen LogP contribution in [0.1, 0.15) is 19.4 Å². The second-order valence-corrected chi connectivity index (χ2v) is 4.84. The maximum absolute atomic E-state index is 10.0. The summed E-state index contributed by atoms with van der Waals surface area (Å²) in [6, 6.07) is 1.68. The Kier molecular flexibility index (Phi) is 3.70. The first-order valence-electron chi connectivity index (χ1n) is 4.75. The lowest BCUT2D eigenvalue weighted by Gasteiger charge is -2.23. The van der Waals surface area contributed by atoms with Gasteiger partial charge in [0.05, 0.1) is 14.2 Å². The summed E-state index contributed by atoms with van der Waals surface area (Å²) in [6.45, 7) is 3.61. The second-order valence-electron chi connectivity index (χ2n) is 4.04. The van der Waals surface area contributed by atoms with E-state index < -0.39 is 5.54 Å². The molecule has 1 aromatic carbocycles. The maximum atomic E-state index is 10.0. The number of benzene rings is 1. The van der Waals surface area contributed by atoms with E-state index >= 15 is 0 Å². The van der Waals surface area contributed by atoms with Crippen LogP contribution in [0.2, 0.25) is 0 Å². The third-order valence-corrected chi connectivity index (χ3v) is 3.02. The van der Waals surface area contributed by atoms with Gasteiger partial charge in [0.1, 0.15) is 10.2 Å². The first kappa shape index (κ1) is 13.1. The lowest BCUT2D eigenvalue weighted by Crippen LogP contribution is -2.28. The Morgan fingerprint density at radius 1 is 1.31 bits per heavy atom. The van der Waals surface area contributed by atoms with Crippen molar-refractivity contribution >= 4 is 15.9 Å². The molecule has 90 valence electrons. The van der Waals surface area contributed by atoms with E-state index in [1.54, 1.807) is 19.9 Å². The van der Waals surface area contributed by atoms with Gasteiger partial charge in [-0.15, -0.1) is 0 Å². The van der Waals surface area contributed by atoms with Crippen LogP contribution in [0.5, 0.6) is 17.2 Å². The van der Waals surface area contributed by atoms with Crippen molar-refractivity contribution in [2.75, 3.05) is 14.2 Å². The van der Waals surface area contributed by atoms with Gasteiger partial charge in [0.2, 0.25) is 0 Å². The minimum absolute atomic E-state index is 0.0742.